The number of hydrogen-bond acceptors (Lipinski definition) is 6. The molecule has 0 aliphatic carbocycles. The van der Waals surface area contributed by atoms with E-state index in [1.165, 1.54) is 5.56 Å². The van der Waals surface area contributed by atoms with Gasteiger partial charge in [-0.25, -0.2) is 9.78 Å². The maximum absolute atomic E-state index is 12.4. The van der Waals surface area contributed by atoms with Gasteiger partial charge in [0.2, 0.25) is 0 Å². The standard InChI is InChI=1S/C24H27N3O3S/c1-24(2,3)30-23(28)27-15-17-12-18(27)14-26(17)13-16-8-10-19(11-9-16)29-22-25-20-6-4-5-7-21(20)31-22/h4-11,17-18H,12-15H2,1-3H3. The van der Waals surface area contributed by atoms with E-state index in [0.717, 1.165) is 42.0 Å². The fourth-order valence-electron chi connectivity index (χ4n) is 4.38. The summed E-state index contributed by atoms with van der Waals surface area (Å²) >= 11 is 1.55. The highest BCUT2D eigenvalue weighted by atomic mass is 32.1. The first kappa shape index (κ1) is 20.3. The summed E-state index contributed by atoms with van der Waals surface area (Å²) in [4.78, 5) is 21.3. The van der Waals surface area contributed by atoms with Gasteiger partial charge in [-0.2, -0.15) is 0 Å². The highest BCUT2D eigenvalue weighted by Crippen LogP contribution is 2.34. The molecule has 3 heterocycles. The Bertz CT molecular complexity index is 1060. The normalized spacial score (nSPS) is 21.1. The quantitative estimate of drug-likeness (QED) is 0.556. The molecule has 2 aliphatic rings. The number of benzene rings is 2. The Morgan fingerprint density at radius 1 is 1.10 bits per heavy atom. The number of rotatable bonds is 4. The Balaban J connectivity index is 1.17. The average Bonchev–Trinajstić information content (AvgIpc) is 3.41. The van der Waals surface area contributed by atoms with Crippen LogP contribution in [0, 0.1) is 0 Å². The number of fused-ring (bicyclic) bond motifs is 3. The van der Waals surface area contributed by atoms with Crippen LogP contribution in [-0.2, 0) is 11.3 Å². The number of carbonyl (C=O) groups is 1. The number of thiazole rings is 1. The molecule has 2 fully saturated rings. The molecule has 2 bridgehead atoms. The second-order valence-corrected chi connectivity index (χ2v) is 10.3. The molecule has 2 unspecified atom stereocenters. The lowest BCUT2D eigenvalue weighted by Crippen LogP contribution is -2.49. The number of likely N-dealkylation sites (tertiary alicyclic amines) is 2. The fraction of sp³-hybridized carbons (Fsp3) is 0.417. The van der Waals surface area contributed by atoms with Gasteiger partial charge in [0.15, 0.2) is 0 Å². The number of hydrogen-bond donors (Lipinski definition) is 0. The van der Waals surface area contributed by atoms with E-state index in [-0.39, 0.29) is 12.1 Å². The maximum atomic E-state index is 12.4. The zero-order valence-corrected chi connectivity index (χ0v) is 18.9. The molecule has 0 spiro atoms. The zero-order valence-electron chi connectivity index (χ0n) is 18.1. The van der Waals surface area contributed by atoms with Crippen molar-refractivity contribution in [3.63, 3.8) is 0 Å². The summed E-state index contributed by atoms with van der Waals surface area (Å²) in [5.74, 6) is 0.793. The van der Waals surface area contributed by atoms with Crippen molar-refractivity contribution in [3.8, 4) is 10.9 Å². The van der Waals surface area contributed by atoms with Crippen molar-refractivity contribution in [2.75, 3.05) is 13.1 Å². The second-order valence-electron chi connectivity index (χ2n) is 9.30. The highest BCUT2D eigenvalue weighted by Gasteiger charge is 2.46. The van der Waals surface area contributed by atoms with E-state index >= 15 is 0 Å². The molecule has 3 aromatic rings. The highest BCUT2D eigenvalue weighted by molar-refractivity contribution is 7.20. The first-order valence-corrected chi connectivity index (χ1v) is 11.5. The van der Waals surface area contributed by atoms with E-state index in [1.807, 2.05) is 56.0 Å². The smallest absolute Gasteiger partial charge is 0.410 e. The van der Waals surface area contributed by atoms with Crippen molar-refractivity contribution in [2.45, 2.75) is 51.4 Å². The van der Waals surface area contributed by atoms with Gasteiger partial charge >= 0.3 is 6.09 Å². The Labute approximate surface area is 186 Å². The number of aromatic nitrogens is 1. The molecular formula is C24H27N3O3S. The summed E-state index contributed by atoms with van der Waals surface area (Å²) in [6, 6.07) is 16.9. The van der Waals surface area contributed by atoms with E-state index in [9.17, 15) is 4.79 Å². The van der Waals surface area contributed by atoms with Crippen LogP contribution in [0.4, 0.5) is 4.79 Å². The van der Waals surface area contributed by atoms with Crippen molar-refractivity contribution < 1.29 is 14.3 Å². The number of carbonyl (C=O) groups excluding carboxylic acids is 1. The topological polar surface area (TPSA) is 54.9 Å². The Morgan fingerprint density at radius 2 is 1.87 bits per heavy atom. The number of ether oxygens (including phenoxy) is 2. The molecular weight excluding hydrogens is 410 g/mol. The van der Waals surface area contributed by atoms with Crippen LogP contribution in [0.3, 0.4) is 0 Å². The van der Waals surface area contributed by atoms with E-state index in [4.69, 9.17) is 9.47 Å². The van der Waals surface area contributed by atoms with Gasteiger partial charge in [0, 0.05) is 31.7 Å². The zero-order chi connectivity index (χ0) is 21.6. The van der Waals surface area contributed by atoms with Crippen molar-refractivity contribution >= 4 is 27.6 Å². The van der Waals surface area contributed by atoms with Gasteiger partial charge < -0.3 is 14.4 Å². The lowest BCUT2D eigenvalue weighted by molar-refractivity contribution is 0.0124. The minimum atomic E-state index is -0.451. The van der Waals surface area contributed by atoms with Crippen LogP contribution in [0.25, 0.3) is 10.2 Å². The van der Waals surface area contributed by atoms with Gasteiger partial charge in [0.1, 0.15) is 11.4 Å². The molecule has 2 aliphatic heterocycles. The van der Waals surface area contributed by atoms with Crippen molar-refractivity contribution in [1.82, 2.24) is 14.8 Å². The lowest BCUT2D eigenvalue weighted by Gasteiger charge is -2.35. The summed E-state index contributed by atoms with van der Waals surface area (Å²) in [7, 11) is 0. The third-order valence-corrected chi connectivity index (χ3v) is 6.68. The number of para-hydroxylation sites is 1. The van der Waals surface area contributed by atoms with E-state index < -0.39 is 5.60 Å². The minimum absolute atomic E-state index is 0.184. The third-order valence-electron chi connectivity index (χ3n) is 5.77. The van der Waals surface area contributed by atoms with Crippen LogP contribution in [0.1, 0.15) is 32.8 Å². The van der Waals surface area contributed by atoms with Crippen LogP contribution in [0.5, 0.6) is 10.9 Å². The van der Waals surface area contributed by atoms with E-state index in [1.54, 1.807) is 11.3 Å². The van der Waals surface area contributed by atoms with Crippen molar-refractivity contribution in [2.24, 2.45) is 0 Å². The molecule has 1 amide bonds. The van der Waals surface area contributed by atoms with Crippen LogP contribution in [0.15, 0.2) is 48.5 Å². The molecule has 31 heavy (non-hydrogen) atoms. The predicted octanol–water partition coefficient (Wildman–Crippen LogP) is 5.28. The molecule has 2 saturated heterocycles. The summed E-state index contributed by atoms with van der Waals surface area (Å²) in [6.07, 6.45) is 0.842. The van der Waals surface area contributed by atoms with Gasteiger partial charge in [-0.05, 0) is 57.0 Å². The molecule has 0 radical (unpaired) electrons. The molecule has 6 nitrogen and oxygen atoms in total. The molecule has 1 aromatic heterocycles. The fourth-order valence-corrected chi connectivity index (χ4v) is 5.22. The molecule has 2 atom stereocenters. The SMILES string of the molecule is CC(C)(C)OC(=O)N1CC2CC1CN2Cc1ccc(Oc2nc3ccccc3s2)cc1. The number of amides is 1. The molecule has 7 heteroatoms. The van der Waals surface area contributed by atoms with Gasteiger partial charge in [0.25, 0.3) is 5.19 Å². The third kappa shape index (κ3) is 4.38. The molecule has 2 aromatic carbocycles. The van der Waals surface area contributed by atoms with Crippen LogP contribution in [0.2, 0.25) is 0 Å². The van der Waals surface area contributed by atoms with Crippen LogP contribution < -0.4 is 4.74 Å². The predicted molar refractivity (Wildman–Crippen MR) is 122 cm³/mol. The number of nitrogens with zero attached hydrogens (tertiary/aromatic N) is 3. The maximum Gasteiger partial charge on any atom is 0.410 e. The second kappa shape index (κ2) is 7.80. The molecule has 162 valence electrons. The first-order chi connectivity index (χ1) is 14.8. The van der Waals surface area contributed by atoms with Crippen molar-refractivity contribution in [1.29, 1.82) is 0 Å². The molecule has 0 saturated carbocycles. The van der Waals surface area contributed by atoms with Crippen LogP contribution in [-0.4, -0.2) is 51.7 Å². The largest absolute Gasteiger partial charge is 0.444 e. The summed E-state index contributed by atoms with van der Waals surface area (Å²) in [5, 5.41) is 0.660. The van der Waals surface area contributed by atoms with Crippen LogP contribution >= 0.6 is 11.3 Å². The monoisotopic (exact) mass is 437 g/mol. The minimum Gasteiger partial charge on any atom is -0.444 e. The molecule has 5 rings (SSSR count). The van der Waals surface area contributed by atoms with Gasteiger partial charge in [-0.15, -0.1) is 0 Å². The number of piperazine rings is 1. The van der Waals surface area contributed by atoms with Crippen molar-refractivity contribution in [3.05, 3.63) is 54.1 Å². The van der Waals surface area contributed by atoms with E-state index in [0.29, 0.717) is 11.2 Å². The Hall–Kier alpha value is -2.64. The summed E-state index contributed by atoms with van der Waals surface area (Å²) in [6.45, 7) is 8.26. The first-order valence-electron chi connectivity index (χ1n) is 10.7. The Morgan fingerprint density at radius 3 is 2.55 bits per heavy atom. The average molecular weight is 438 g/mol. The summed E-state index contributed by atoms with van der Waals surface area (Å²) in [5.41, 5.74) is 1.75. The van der Waals surface area contributed by atoms with Gasteiger partial charge in [-0.3, -0.25) is 4.90 Å². The Kier molecular flexibility index (Phi) is 5.10. The van der Waals surface area contributed by atoms with Gasteiger partial charge in [-0.1, -0.05) is 35.6 Å². The van der Waals surface area contributed by atoms with Gasteiger partial charge in [0.05, 0.1) is 10.2 Å². The lowest BCUT2D eigenvalue weighted by atomic mass is 10.2. The molecule has 0 N–H and O–H groups in total. The van der Waals surface area contributed by atoms with E-state index in [2.05, 4.69) is 28.1 Å². The summed E-state index contributed by atoms with van der Waals surface area (Å²) < 4.78 is 12.6.